The number of aromatic nitrogens is 1. The summed E-state index contributed by atoms with van der Waals surface area (Å²) in [6, 6.07) is 0. The molecule has 0 aliphatic rings. The first-order chi connectivity index (χ1) is 9.12. The lowest BCUT2D eigenvalue weighted by Gasteiger charge is -2.22. The second-order valence-corrected chi connectivity index (χ2v) is 5.80. The molecule has 0 aromatic carbocycles. The highest BCUT2D eigenvalue weighted by Gasteiger charge is 2.31. The Morgan fingerprint density at radius 3 is 2.40 bits per heavy atom. The van der Waals surface area contributed by atoms with Crippen molar-refractivity contribution in [3.8, 4) is 0 Å². The molecule has 1 rings (SSSR count). The Morgan fingerprint density at radius 2 is 1.95 bits per heavy atom. The highest BCUT2D eigenvalue weighted by atomic mass is 19.4. The van der Waals surface area contributed by atoms with Crippen molar-refractivity contribution in [2.45, 2.75) is 38.9 Å². The standard InChI is InChI=1S/C13H22F3N3O/c1-12(2,3)10-7-18-11(20-10)8-19(6-5-17-4)9-13(14,15)16/h7,17H,5-6,8-9H2,1-4H3. The van der Waals surface area contributed by atoms with Crippen LogP contribution in [0.5, 0.6) is 0 Å². The molecular weight excluding hydrogens is 271 g/mol. The van der Waals surface area contributed by atoms with Crippen LogP contribution >= 0.6 is 0 Å². The van der Waals surface area contributed by atoms with Gasteiger partial charge in [-0.15, -0.1) is 0 Å². The van der Waals surface area contributed by atoms with E-state index in [4.69, 9.17) is 4.42 Å². The van der Waals surface area contributed by atoms with Crippen LogP contribution in [0.25, 0.3) is 0 Å². The van der Waals surface area contributed by atoms with E-state index < -0.39 is 12.7 Å². The van der Waals surface area contributed by atoms with Crippen molar-refractivity contribution in [3.05, 3.63) is 17.8 Å². The zero-order valence-corrected chi connectivity index (χ0v) is 12.3. The summed E-state index contributed by atoms with van der Waals surface area (Å²) in [5.74, 6) is 0.989. The van der Waals surface area contributed by atoms with Gasteiger partial charge in [0.25, 0.3) is 0 Å². The average Bonchev–Trinajstić information content (AvgIpc) is 2.72. The highest BCUT2D eigenvalue weighted by molar-refractivity contribution is 5.05. The van der Waals surface area contributed by atoms with E-state index >= 15 is 0 Å². The number of halogens is 3. The van der Waals surface area contributed by atoms with Gasteiger partial charge in [0.1, 0.15) is 5.76 Å². The Kier molecular flexibility index (Phi) is 5.59. The van der Waals surface area contributed by atoms with Gasteiger partial charge < -0.3 is 9.73 Å². The van der Waals surface area contributed by atoms with Gasteiger partial charge in [0.05, 0.1) is 19.3 Å². The lowest BCUT2D eigenvalue weighted by atomic mass is 9.94. The summed E-state index contributed by atoms with van der Waals surface area (Å²) in [4.78, 5) is 5.34. The van der Waals surface area contributed by atoms with Crippen molar-refractivity contribution in [1.82, 2.24) is 15.2 Å². The van der Waals surface area contributed by atoms with E-state index in [1.807, 2.05) is 20.8 Å². The third-order valence-corrected chi connectivity index (χ3v) is 2.73. The topological polar surface area (TPSA) is 41.3 Å². The molecule has 0 bridgehead atoms. The fourth-order valence-electron chi connectivity index (χ4n) is 1.66. The Labute approximate surface area is 117 Å². The normalized spacial score (nSPS) is 13.2. The maximum atomic E-state index is 12.5. The van der Waals surface area contributed by atoms with Crippen LogP contribution < -0.4 is 5.32 Å². The summed E-state index contributed by atoms with van der Waals surface area (Å²) in [5.41, 5.74) is -0.203. The lowest BCUT2D eigenvalue weighted by molar-refractivity contribution is -0.147. The van der Waals surface area contributed by atoms with Gasteiger partial charge in [-0.05, 0) is 7.05 Å². The van der Waals surface area contributed by atoms with Crippen LogP contribution in [0.3, 0.4) is 0 Å². The van der Waals surface area contributed by atoms with Crippen LogP contribution in [-0.4, -0.2) is 42.7 Å². The predicted molar refractivity (Wildman–Crippen MR) is 70.5 cm³/mol. The molecule has 4 nitrogen and oxygen atoms in total. The number of hydrogen-bond donors (Lipinski definition) is 1. The minimum atomic E-state index is -4.23. The SMILES string of the molecule is CNCCN(Cc1ncc(C(C)(C)C)o1)CC(F)(F)F. The highest BCUT2D eigenvalue weighted by Crippen LogP contribution is 2.24. The van der Waals surface area contributed by atoms with E-state index in [1.165, 1.54) is 4.90 Å². The van der Waals surface area contributed by atoms with E-state index in [-0.39, 0.29) is 18.5 Å². The van der Waals surface area contributed by atoms with Crippen molar-refractivity contribution >= 4 is 0 Å². The Balaban J connectivity index is 2.71. The smallest absolute Gasteiger partial charge is 0.401 e. The number of rotatable bonds is 6. The number of oxazole rings is 1. The molecule has 0 saturated heterocycles. The summed E-state index contributed by atoms with van der Waals surface area (Å²) < 4.78 is 43.1. The zero-order valence-electron chi connectivity index (χ0n) is 12.3. The molecule has 7 heteroatoms. The predicted octanol–water partition coefficient (Wildman–Crippen LogP) is 2.56. The van der Waals surface area contributed by atoms with Crippen molar-refractivity contribution < 1.29 is 17.6 Å². The fourth-order valence-corrected chi connectivity index (χ4v) is 1.66. The first-order valence-electron chi connectivity index (χ1n) is 6.51. The molecule has 0 atom stereocenters. The van der Waals surface area contributed by atoms with E-state index in [0.29, 0.717) is 18.2 Å². The molecule has 0 unspecified atom stereocenters. The molecule has 1 aromatic heterocycles. The largest absolute Gasteiger partial charge is 0.444 e. The Bertz CT molecular complexity index is 410. The van der Waals surface area contributed by atoms with Crippen LogP contribution in [0, 0.1) is 0 Å². The Morgan fingerprint density at radius 1 is 1.30 bits per heavy atom. The fraction of sp³-hybridized carbons (Fsp3) is 0.769. The molecule has 0 spiro atoms. The summed E-state index contributed by atoms with van der Waals surface area (Å²) in [6.45, 7) is 5.73. The Hall–Kier alpha value is -1.08. The first kappa shape index (κ1) is 17.0. The van der Waals surface area contributed by atoms with E-state index in [2.05, 4.69) is 10.3 Å². The number of nitrogens with one attached hydrogen (secondary N) is 1. The van der Waals surface area contributed by atoms with Gasteiger partial charge in [-0.1, -0.05) is 20.8 Å². The number of alkyl halides is 3. The van der Waals surface area contributed by atoms with Gasteiger partial charge in [0.2, 0.25) is 5.89 Å². The molecular formula is C13H22F3N3O. The van der Waals surface area contributed by atoms with Crippen molar-refractivity contribution in [3.63, 3.8) is 0 Å². The van der Waals surface area contributed by atoms with E-state index in [0.717, 1.165) is 0 Å². The third-order valence-electron chi connectivity index (χ3n) is 2.73. The maximum Gasteiger partial charge on any atom is 0.401 e. The van der Waals surface area contributed by atoms with Crippen molar-refractivity contribution in [1.29, 1.82) is 0 Å². The number of likely N-dealkylation sites (N-methyl/N-ethyl adjacent to an activating group) is 1. The maximum absolute atomic E-state index is 12.5. The quantitative estimate of drug-likeness (QED) is 0.875. The van der Waals surface area contributed by atoms with Gasteiger partial charge >= 0.3 is 6.18 Å². The van der Waals surface area contributed by atoms with Gasteiger partial charge in [-0.25, -0.2) is 4.98 Å². The third kappa shape index (κ3) is 5.92. The molecule has 116 valence electrons. The van der Waals surface area contributed by atoms with Crippen molar-refractivity contribution in [2.24, 2.45) is 0 Å². The number of nitrogens with zero attached hydrogens (tertiary/aromatic N) is 2. The molecule has 0 fully saturated rings. The minimum absolute atomic E-state index is 0.0528. The van der Waals surface area contributed by atoms with Gasteiger partial charge in [-0.3, -0.25) is 4.90 Å². The summed E-state index contributed by atoms with van der Waals surface area (Å²) >= 11 is 0. The molecule has 1 aromatic rings. The van der Waals surface area contributed by atoms with Crippen LogP contribution in [0.15, 0.2) is 10.6 Å². The second-order valence-electron chi connectivity index (χ2n) is 5.80. The van der Waals surface area contributed by atoms with Gasteiger partial charge in [0.15, 0.2) is 0 Å². The molecule has 0 amide bonds. The monoisotopic (exact) mass is 293 g/mol. The van der Waals surface area contributed by atoms with Crippen LogP contribution in [0.2, 0.25) is 0 Å². The molecule has 20 heavy (non-hydrogen) atoms. The molecule has 0 aliphatic heterocycles. The summed E-state index contributed by atoms with van der Waals surface area (Å²) in [7, 11) is 1.70. The van der Waals surface area contributed by atoms with Crippen LogP contribution in [0.1, 0.15) is 32.4 Å². The number of hydrogen-bond acceptors (Lipinski definition) is 4. The summed E-state index contributed by atoms with van der Waals surface area (Å²) in [6.07, 6.45) is -2.65. The van der Waals surface area contributed by atoms with E-state index in [9.17, 15) is 13.2 Å². The zero-order chi connectivity index (χ0) is 15.4. The molecule has 0 radical (unpaired) electrons. The minimum Gasteiger partial charge on any atom is -0.444 e. The average molecular weight is 293 g/mol. The van der Waals surface area contributed by atoms with E-state index in [1.54, 1.807) is 13.2 Å². The van der Waals surface area contributed by atoms with Gasteiger partial charge in [0, 0.05) is 18.5 Å². The summed E-state index contributed by atoms with van der Waals surface area (Å²) in [5, 5.41) is 2.84. The van der Waals surface area contributed by atoms with Crippen molar-refractivity contribution in [2.75, 3.05) is 26.7 Å². The molecule has 0 aliphatic carbocycles. The second kappa shape index (κ2) is 6.58. The lowest BCUT2D eigenvalue weighted by Crippen LogP contribution is -2.37. The molecule has 1 heterocycles. The van der Waals surface area contributed by atoms with Crippen LogP contribution in [0.4, 0.5) is 13.2 Å². The van der Waals surface area contributed by atoms with Gasteiger partial charge in [-0.2, -0.15) is 13.2 Å². The van der Waals surface area contributed by atoms with Crippen LogP contribution in [-0.2, 0) is 12.0 Å². The molecule has 1 N–H and O–H groups in total. The molecule has 0 saturated carbocycles. The first-order valence-corrected chi connectivity index (χ1v) is 6.51.